The third-order valence-corrected chi connectivity index (χ3v) is 9.16. The van der Waals surface area contributed by atoms with Crippen LogP contribution in [0.1, 0.15) is 72.9 Å². The number of amides is 2. The number of nitrogens with zero attached hydrogens (tertiary/aromatic N) is 2. The van der Waals surface area contributed by atoms with Gasteiger partial charge in [0.25, 0.3) is 0 Å². The molecule has 0 aromatic heterocycles. The lowest BCUT2D eigenvalue weighted by Gasteiger charge is -2.48. The predicted octanol–water partition coefficient (Wildman–Crippen LogP) is 3.53. The van der Waals surface area contributed by atoms with Crippen molar-refractivity contribution in [2.75, 3.05) is 32.7 Å². The molecule has 1 fully saturated rings. The van der Waals surface area contributed by atoms with E-state index in [-0.39, 0.29) is 23.9 Å². The smallest absolute Gasteiger partial charge is 0.240 e. The second-order valence-corrected chi connectivity index (χ2v) is 13.4. The summed E-state index contributed by atoms with van der Waals surface area (Å²) in [4.78, 5) is 32.0. The van der Waals surface area contributed by atoms with Gasteiger partial charge in [-0.3, -0.25) is 9.59 Å². The van der Waals surface area contributed by atoms with Crippen molar-refractivity contribution in [3.8, 4) is 0 Å². The molecule has 0 saturated carbocycles. The average molecular weight is 607 g/mol. The van der Waals surface area contributed by atoms with E-state index < -0.39 is 12.1 Å². The molecule has 4 unspecified atom stereocenters. The van der Waals surface area contributed by atoms with Crippen LogP contribution in [0.3, 0.4) is 0 Å². The molecule has 0 aliphatic carbocycles. The number of benzene rings is 2. The molecule has 2 amide bonds. The second kappa shape index (κ2) is 17.1. The molecule has 1 aliphatic heterocycles. The zero-order valence-corrected chi connectivity index (χ0v) is 28.1. The molecule has 2 aromatic rings. The molecule has 3 rings (SSSR count). The lowest BCUT2D eigenvalue weighted by atomic mass is 9.92. The van der Waals surface area contributed by atoms with Gasteiger partial charge in [-0.15, -0.1) is 0 Å². The topological polar surface area (TPSA) is 131 Å². The van der Waals surface area contributed by atoms with E-state index in [9.17, 15) is 9.59 Å². The molecule has 1 saturated heterocycles. The van der Waals surface area contributed by atoms with E-state index in [1.54, 1.807) is 0 Å². The van der Waals surface area contributed by atoms with Crippen molar-refractivity contribution in [1.29, 1.82) is 0 Å². The van der Waals surface area contributed by atoms with Gasteiger partial charge in [-0.2, -0.15) is 0 Å². The molecule has 8 nitrogen and oxygen atoms in total. The number of carbonyl (C=O) groups is 2. The molecule has 44 heavy (non-hydrogen) atoms. The fourth-order valence-electron chi connectivity index (χ4n) is 6.31. The molecular formula is C36H58N6O2. The summed E-state index contributed by atoms with van der Waals surface area (Å²) in [5.41, 5.74) is 25.9. The van der Waals surface area contributed by atoms with Gasteiger partial charge in [0.2, 0.25) is 11.8 Å². The van der Waals surface area contributed by atoms with E-state index in [0.29, 0.717) is 38.4 Å². The number of nitrogens with two attached hydrogens (primary N) is 3. The van der Waals surface area contributed by atoms with Gasteiger partial charge in [-0.1, -0.05) is 56.7 Å². The van der Waals surface area contributed by atoms with Crippen molar-refractivity contribution in [1.82, 2.24) is 15.1 Å². The molecule has 2 aromatic carbocycles. The Morgan fingerprint density at radius 2 is 1.27 bits per heavy atom. The third-order valence-electron chi connectivity index (χ3n) is 9.16. The van der Waals surface area contributed by atoms with Gasteiger partial charge >= 0.3 is 0 Å². The zero-order valence-electron chi connectivity index (χ0n) is 28.1. The Labute approximate surface area is 266 Å². The first-order chi connectivity index (χ1) is 20.9. The van der Waals surface area contributed by atoms with Crippen LogP contribution >= 0.6 is 0 Å². The molecule has 4 atom stereocenters. The van der Waals surface area contributed by atoms with Crippen LogP contribution in [0.2, 0.25) is 0 Å². The van der Waals surface area contributed by atoms with Crippen LogP contribution < -0.4 is 22.5 Å². The molecule has 1 aliphatic rings. The minimum Gasteiger partial charge on any atom is -0.335 e. The second-order valence-electron chi connectivity index (χ2n) is 13.4. The molecular weight excluding hydrogens is 548 g/mol. The summed E-state index contributed by atoms with van der Waals surface area (Å²) in [6.45, 7) is 15.9. The van der Waals surface area contributed by atoms with E-state index in [4.69, 9.17) is 17.2 Å². The number of carbonyl (C=O) groups excluding carboxylic acids is 2. The number of unbranched alkanes of at least 4 members (excludes halogenated alkanes) is 1. The molecule has 0 bridgehead atoms. The molecule has 1 heterocycles. The van der Waals surface area contributed by atoms with Gasteiger partial charge in [-0.05, 0) is 106 Å². The molecule has 244 valence electrons. The van der Waals surface area contributed by atoms with Crippen molar-refractivity contribution < 1.29 is 9.59 Å². The predicted molar refractivity (Wildman–Crippen MR) is 181 cm³/mol. The minimum atomic E-state index is -0.639. The first kappa shape index (κ1) is 35.7. The quantitative estimate of drug-likeness (QED) is 0.230. The highest BCUT2D eigenvalue weighted by atomic mass is 16.2. The van der Waals surface area contributed by atoms with Crippen LogP contribution in [0.15, 0.2) is 36.4 Å². The summed E-state index contributed by atoms with van der Waals surface area (Å²) in [5.74, 6) is 0.294. The number of hydrogen-bond acceptors (Lipinski definition) is 6. The normalized spacial score (nSPS) is 18.5. The van der Waals surface area contributed by atoms with Crippen molar-refractivity contribution in [2.24, 2.45) is 23.1 Å². The highest BCUT2D eigenvalue weighted by molar-refractivity contribution is 5.85. The maximum absolute atomic E-state index is 14.0. The third kappa shape index (κ3) is 10.1. The fraction of sp³-hybridized carbons (Fsp3) is 0.611. The van der Waals surface area contributed by atoms with Gasteiger partial charge in [0.1, 0.15) is 0 Å². The van der Waals surface area contributed by atoms with Gasteiger partial charge in [0.05, 0.1) is 12.1 Å². The Bertz CT molecular complexity index is 1230. The van der Waals surface area contributed by atoms with E-state index in [2.05, 4.69) is 83.3 Å². The summed E-state index contributed by atoms with van der Waals surface area (Å²) in [7, 11) is 0. The number of piperazine rings is 1. The Kier molecular flexibility index (Phi) is 13.8. The highest BCUT2D eigenvalue weighted by Gasteiger charge is 2.40. The SMILES string of the molecule is Cc1ccc(CC(N)C(=O)N2CC(CC(C)C)N(C(=O)C(N)Cc3ccc(C)c(C)c3)CC2CCCCNCCN)cc1C. The molecule has 8 heteroatoms. The summed E-state index contributed by atoms with van der Waals surface area (Å²) >= 11 is 0. The van der Waals surface area contributed by atoms with Gasteiger partial charge in [0, 0.05) is 38.3 Å². The van der Waals surface area contributed by atoms with E-state index in [1.807, 2.05) is 9.80 Å². The first-order valence-electron chi connectivity index (χ1n) is 16.6. The lowest BCUT2D eigenvalue weighted by Crippen LogP contribution is -2.65. The van der Waals surface area contributed by atoms with Crippen LogP contribution in [0.25, 0.3) is 0 Å². The Hall–Kier alpha value is -2.78. The van der Waals surface area contributed by atoms with E-state index in [0.717, 1.165) is 49.9 Å². The largest absolute Gasteiger partial charge is 0.335 e. The summed E-state index contributed by atoms with van der Waals surface area (Å²) in [6, 6.07) is 11.1. The summed E-state index contributed by atoms with van der Waals surface area (Å²) in [5, 5.41) is 3.36. The van der Waals surface area contributed by atoms with Gasteiger partial charge < -0.3 is 32.3 Å². The Morgan fingerprint density at radius 1 is 0.773 bits per heavy atom. The van der Waals surface area contributed by atoms with Crippen LogP contribution in [0, 0.1) is 33.6 Å². The minimum absolute atomic E-state index is 0.0324. The number of hydrogen-bond donors (Lipinski definition) is 4. The number of aryl methyl sites for hydroxylation is 4. The zero-order chi connectivity index (χ0) is 32.4. The lowest BCUT2D eigenvalue weighted by molar-refractivity contribution is -0.149. The maximum Gasteiger partial charge on any atom is 0.240 e. The van der Waals surface area contributed by atoms with Gasteiger partial charge in [-0.25, -0.2) is 0 Å². The summed E-state index contributed by atoms with van der Waals surface area (Å²) < 4.78 is 0. The van der Waals surface area contributed by atoms with Crippen LogP contribution in [0.4, 0.5) is 0 Å². The molecule has 7 N–H and O–H groups in total. The number of nitrogens with one attached hydrogen (secondary N) is 1. The molecule has 0 radical (unpaired) electrons. The van der Waals surface area contributed by atoms with E-state index >= 15 is 0 Å². The highest BCUT2D eigenvalue weighted by Crippen LogP contribution is 2.26. The van der Waals surface area contributed by atoms with Crippen molar-refractivity contribution in [3.63, 3.8) is 0 Å². The van der Waals surface area contributed by atoms with Crippen molar-refractivity contribution in [3.05, 3.63) is 69.8 Å². The van der Waals surface area contributed by atoms with Crippen LogP contribution in [-0.4, -0.2) is 78.5 Å². The summed E-state index contributed by atoms with van der Waals surface area (Å²) in [6.07, 6.45) is 4.49. The van der Waals surface area contributed by atoms with Crippen molar-refractivity contribution in [2.45, 2.75) is 104 Å². The van der Waals surface area contributed by atoms with E-state index in [1.165, 1.54) is 22.3 Å². The fourth-order valence-corrected chi connectivity index (χ4v) is 6.31. The first-order valence-corrected chi connectivity index (χ1v) is 16.6. The van der Waals surface area contributed by atoms with Crippen LogP contribution in [-0.2, 0) is 22.4 Å². The Morgan fingerprint density at radius 3 is 1.75 bits per heavy atom. The van der Waals surface area contributed by atoms with Crippen molar-refractivity contribution >= 4 is 11.8 Å². The van der Waals surface area contributed by atoms with Crippen LogP contribution in [0.5, 0.6) is 0 Å². The Balaban J connectivity index is 1.81. The maximum atomic E-state index is 14.0. The van der Waals surface area contributed by atoms with Gasteiger partial charge in [0.15, 0.2) is 0 Å². The standard InChI is InChI=1S/C36H58N6O2/c1-24(2)17-32-23-41(35(43)33(38)20-29-12-10-25(3)27(5)18-29)31(9-7-8-15-40-16-14-37)22-42(32)36(44)34(39)21-30-13-11-26(4)28(6)19-30/h10-13,18-19,24,31-34,40H,7-9,14-17,20-23,37-39H2,1-6H3. The molecule has 0 spiro atoms. The number of rotatable bonds is 15. The monoisotopic (exact) mass is 606 g/mol. The average Bonchev–Trinajstić information content (AvgIpc) is 2.98.